The third-order valence-corrected chi connectivity index (χ3v) is 2.64. The normalized spacial score (nSPS) is 21.8. The van der Waals surface area contributed by atoms with Crippen LogP contribution in [0.2, 0.25) is 0 Å². The largest absolute Gasteiger partial charge is 0.341 e. The summed E-state index contributed by atoms with van der Waals surface area (Å²) in [6.45, 7) is 6.81. The number of nitrogens with zero attached hydrogens (tertiary/aromatic N) is 1. The lowest BCUT2D eigenvalue weighted by Gasteiger charge is -2.23. The van der Waals surface area contributed by atoms with Gasteiger partial charge in [0.25, 0.3) is 0 Å². The lowest BCUT2D eigenvalue weighted by molar-refractivity contribution is -0.130. The minimum atomic E-state index is 0.274. The summed E-state index contributed by atoms with van der Waals surface area (Å²) in [7, 11) is 0. The first kappa shape index (κ1) is 10.5. The van der Waals surface area contributed by atoms with E-state index < -0.39 is 0 Å². The molecule has 0 aliphatic carbocycles. The Labute approximate surface area is 80.5 Å². The van der Waals surface area contributed by atoms with E-state index in [0.29, 0.717) is 12.5 Å². The number of hydrogen-bond donors (Lipinski definition) is 1. The van der Waals surface area contributed by atoms with Crippen molar-refractivity contribution in [1.82, 2.24) is 10.2 Å². The van der Waals surface area contributed by atoms with Gasteiger partial charge in [-0.2, -0.15) is 0 Å². The van der Waals surface area contributed by atoms with Crippen LogP contribution in [0.3, 0.4) is 0 Å². The maximum Gasteiger partial charge on any atom is 0.222 e. The third kappa shape index (κ3) is 2.99. The van der Waals surface area contributed by atoms with Crippen LogP contribution in [0.25, 0.3) is 0 Å². The van der Waals surface area contributed by atoms with Gasteiger partial charge in [0.1, 0.15) is 0 Å². The average Bonchev–Trinajstić information content (AvgIpc) is 2.65. The quantitative estimate of drug-likeness (QED) is 0.707. The number of likely N-dealkylation sites (N-methyl/N-ethyl adjacent to an activating group) is 1. The van der Waals surface area contributed by atoms with Crippen molar-refractivity contribution in [2.45, 2.75) is 39.2 Å². The zero-order valence-corrected chi connectivity index (χ0v) is 8.68. The minimum Gasteiger partial charge on any atom is -0.341 e. The topological polar surface area (TPSA) is 32.3 Å². The van der Waals surface area contributed by atoms with E-state index in [9.17, 15) is 4.79 Å². The fraction of sp³-hybridized carbons (Fsp3) is 0.900. The Kier molecular flexibility index (Phi) is 4.22. The first-order chi connectivity index (χ1) is 6.27. The van der Waals surface area contributed by atoms with Gasteiger partial charge >= 0.3 is 0 Å². The molecule has 0 saturated carbocycles. The zero-order valence-electron chi connectivity index (χ0n) is 8.68. The van der Waals surface area contributed by atoms with E-state index in [1.807, 2.05) is 18.7 Å². The first-order valence-corrected chi connectivity index (χ1v) is 5.29. The van der Waals surface area contributed by atoms with Crippen LogP contribution < -0.4 is 5.32 Å². The maximum atomic E-state index is 11.4. The van der Waals surface area contributed by atoms with Crippen molar-refractivity contribution < 1.29 is 4.79 Å². The fourth-order valence-electron chi connectivity index (χ4n) is 1.81. The van der Waals surface area contributed by atoms with E-state index in [-0.39, 0.29) is 5.91 Å². The summed E-state index contributed by atoms with van der Waals surface area (Å²) in [4.78, 5) is 13.4. The van der Waals surface area contributed by atoms with Crippen molar-refractivity contribution in [3.05, 3.63) is 0 Å². The molecule has 3 heteroatoms. The predicted octanol–water partition coefficient (Wildman–Crippen LogP) is 0.997. The second-order valence-corrected chi connectivity index (χ2v) is 3.58. The van der Waals surface area contributed by atoms with E-state index in [1.165, 1.54) is 12.8 Å². The molecule has 1 amide bonds. The summed E-state index contributed by atoms with van der Waals surface area (Å²) in [6, 6.07) is 0.537. The fourth-order valence-corrected chi connectivity index (χ4v) is 1.81. The van der Waals surface area contributed by atoms with Crippen LogP contribution in [0.4, 0.5) is 0 Å². The molecule has 0 spiro atoms. The summed E-state index contributed by atoms with van der Waals surface area (Å²) >= 11 is 0. The van der Waals surface area contributed by atoms with Gasteiger partial charge in [0.15, 0.2) is 0 Å². The molecule has 1 rings (SSSR count). The Morgan fingerprint density at radius 3 is 2.77 bits per heavy atom. The van der Waals surface area contributed by atoms with Gasteiger partial charge in [-0.25, -0.2) is 0 Å². The van der Waals surface area contributed by atoms with Crippen LogP contribution in [-0.4, -0.2) is 36.5 Å². The van der Waals surface area contributed by atoms with E-state index in [1.54, 1.807) is 0 Å². The molecule has 3 nitrogen and oxygen atoms in total. The molecule has 0 aromatic heterocycles. The van der Waals surface area contributed by atoms with Crippen molar-refractivity contribution in [2.75, 3.05) is 19.6 Å². The van der Waals surface area contributed by atoms with Gasteiger partial charge < -0.3 is 10.2 Å². The first-order valence-electron chi connectivity index (χ1n) is 5.29. The van der Waals surface area contributed by atoms with Crippen LogP contribution >= 0.6 is 0 Å². The highest BCUT2D eigenvalue weighted by atomic mass is 16.2. The molecule has 0 radical (unpaired) electrons. The molecule has 0 aromatic rings. The van der Waals surface area contributed by atoms with Crippen LogP contribution in [0.5, 0.6) is 0 Å². The second kappa shape index (κ2) is 5.22. The van der Waals surface area contributed by atoms with Gasteiger partial charge in [-0.05, 0) is 26.3 Å². The smallest absolute Gasteiger partial charge is 0.222 e. The number of hydrogen-bond acceptors (Lipinski definition) is 2. The number of carbonyl (C=O) groups is 1. The van der Waals surface area contributed by atoms with Crippen molar-refractivity contribution in [1.29, 1.82) is 0 Å². The van der Waals surface area contributed by atoms with E-state index in [4.69, 9.17) is 0 Å². The van der Waals surface area contributed by atoms with E-state index >= 15 is 0 Å². The third-order valence-electron chi connectivity index (χ3n) is 2.64. The molecular formula is C10H20N2O. The molecule has 1 aliphatic rings. The summed E-state index contributed by atoms with van der Waals surface area (Å²) in [6.07, 6.45) is 3.09. The molecule has 1 atom stereocenters. The second-order valence-electron chi connectivity index (χ2n) is 3.58. The zero-order chi connectivity index (χ0) is 9.68. The summed E-state index contributed by atoms with van der Waals surface area (Å²) in [5.74, 6) is 0.274. The Morgan fingerprint density at radius 2 is 2.31 bits per heavy atom. The Balaban J connectivity index is 2.33. The summed E-state index contributed by atoms with van der Waals surface area (Å²) in [5, 5.41) is 3.41. The lowest BCUT2D eigenvalue weighted by Crippen LogP contribution is -2.40. The molecule has 1 heterocycles. The van der Waals surface area contributed by atoms with E-state index in [2.05, 4.69) is 5.32 Å². The summed E-state index contributed by atoms with van der Waals surface area (Å²) in [5.41, 5.74) is 0. The highest BCUT2D eigenvalue weighted by Crippen LogP contribution is 2.07. The highest BCUT2D eigenvalue weighted by Gasteiger charge is 2.18. The van der Waals surface area contributed by atoms with Crippen molar-refractivity contribution >= 4 is 5.91 Å². The van der Waals surface area contributed by atoms with Gasteiger partial charge in [-0.3, -0.25) is 4.79 Å². The molecule has 1 aliphatic heterocycles. The molecule has 0 aromatic carbocycles. The molecule has 13 heavy (non-hydrogen) atoms. The Hall–Kier alpha value is -0.570. The lowest BCUT2D eigenvalue weighted by atomic mass is 10.2. The molecule has 1 fully saturated rings. The molecule has 0 bridgehead atoms. The van der Waals surface area contributed by atoms with E-state index in [0.717, 1.165) is 19.6 Å². The molecule has 1 N–H and O–H groups in total. The Bertz CT molecular complexity index is 164. The SMILES string of the molecule is CCC(=O)N(CC)CC1CCCN1. The van der Waals surface area contributed by atoms with Gasteiger partial charge in [-0.1, -0.05) is 6.92 Å². The number of amides is 1. The highest BCUT2D eigenvalue weighted by molar-refractivity contribution is 5.75. The number of nitrogens with one attached hydrogen (secondary N) is 1. The van der Waals surface area contributed by atoms with Crippen molar-refractivity contribution in [3.63, 3.8) is 0 Å². The average molecular weight is 184 g/mol. The minimum absolute atomic E-state index is 0.274. The standard InChI is InChI=1S/C10H20N2O/c1-3-10(13)12(4-2)8-9-6-5-7-11-9/h9,11H,3-8H2,1-2H3. The van der Waals surface area contributed by atoms with Crippen LogP contribution in [0.15, 0.2) is 0 Å². The molecule has 1 unspecified atom stereocenters. The monoisotopic (exact) mass is 184 g/mol. The molecular weight excluding hydrogens is 164 g/mol. The molecule has 76 valence electrons. The number of carbonyl (C=O) groups excluding carboxylic acids is 1. The molecule has 1 saturated heterocycles. The Morgan fingerprint density at radius 1 is 1.54 bits per heavy atom. The van der Waals surface area contributed by atoms with Gasteiger partial charge in [0.05, 0.1) is 0 Å². The maximum absolute atomic E-state index is 11.4. The van der Waals surface area contributed by atoms with Gasteiger partial charge in [0.2, 0.25) is 5.91 Å². The van der Waals surface area contributed by atoms with Crippen LogP contribution in [0.1, 0.15) is 33.1 Å². The van der Waals surface area contributed by atoms with Crippen molar-refractivity contribution in [2.24, 2.45) is 0 Å². The van der Waals surface area contributed by atoms with Crippen LogP contribution in [-0.2, 0) is 4.79 Å². The van der Waals surface area contributed by atoms with Crippen molar-refractivity contribution in [3.8, 4) is 0 Å². The van der Waals surface area contributed by atoms with Crippen LogP contribution in [0, 0.1) is 0 Å². The summed E-state index contributed by atoms with van der Waals surface area (Å²) < 4.78 is 0. The van der Waals surface area contributed by atoms with Gasteiger partial charge in [-0.15, -0.1) is 0 Å². The van der Waals surface area contributed by atoms with Gasteiger partial charge in [0, 0.05) is 25.6 Å². The number of rotatable bonds is 4. The predicted molar refractivity (Wildman–Crippen MR) is 53.6 cm³/mol.